The number of carbonyl (C=O) groups is 1. The van der Waals surface area contributed by atoms with Crippen molar-refractivity contribution in [3.8, 4) is 11.1 Å². The van der Waals surface area contributed by atoms with Crippen LogP contribution in [0.1, 0.15) is 54.2 Å². The van der Waals surface area contributed by atoms with Gasteiger partial charge >= 0.3 is 0 Å². The molecule has 4 aromatic rings. The van der Waals surface area contributed by atoms with E-state index in [1.54, 1.807) is 0 Å². The summed E-state index contributed by atoms with van der Waals surface area (Å²) in [6, 6.07) is 30.5. The topological polar surface area (TPSA) is 83.9 Å². The molecule has 7 nitrogen and oxygen atoms in total. The summed E-state index contributed by atoms with van der Waals surface area (Å²) in [5.74, 6) is 0.0527. The van der Waals surface area contributed by atoms with E-state index in [4.69, 9.17) is 9.47 Å². The van der Waals surface area contributed by atoms with Crippen molar-refractivity contribution in [3.05, 3.63) is 125 Å². The smallest absolute Gasteiger partial charge is 0.217 e. The maximum Gasteiger partial charge on any atom is 0.217 e. The molecule has 0 aliphatic carbocycles. The molecule has 1 aliphatic heterocycles. The SMILES string of the molecule is CC(=O)NCc1ccccc1-c1ccc(C2OC(CN(C)CCc3ccccn3)C(C)C(c3ccc(CO)cc3)O2)cc1. The molecule has 0 spiro atoms. The van der Waals surface area contributed by atoms with Gasteiger partial charge in [0.05, 0.1) is 18.8 Å². The number of aromatic nitrogens is 1. The molecular formula is C36H41N3O4. The van der Waals surface area contributed by atoms with E-state index in [-0.39, 0.29) is 30.6 Å². The van der Waals surface area contributed by atoms with Crippen LogP contribution in [-0.2, 0) is 33.8 Å². The van der Waals surface area contributed by atoms with E-state index in [0.717, 1.165) is 58.6 Å². The van der Waals surface area contributed by atoms with Gasteiger partial charge in [-0.15, -0.1) is 0 Å². The molecule has 43 heavy (non-hydrogen) atoms. The summed E-state index contributed by atoms with van der Waals surface area (Å²) < 4.78 is 13.3. The van der Waals surface area contributed by atoms with Crippen molar-refractivity contribution < 1.29 is 19.4 Å². The van der Waals surface area contributed by atoms with Crippen molar-refractivity contribution in [1.29, 1.82) is 0 Å². The Bertz CT molecular complexity index is 1460. The first-order valence-electron chi connectivity index (χ1n) is 14.9. The monoisotopic (exact) mass is 579 g/mol. The van der Waals surface area contributed by atoms with E-state index in [1.165, 1.54) is 6.92 Å². The van der Waals surface area contributed by atoms with Crippen molar-refractivity contribution >= 4 is 5.91 Å². The second kappa shape index (κ2) is 14.5. The average molecular weight is 580 g/mol. The number of rotatable bonds is 11. The Hall–Kier alpha value is -3.88. The predicted molar refractivity (Wildman–Crippen MR) is 168 cm³/mol. The zero-order valence-electron chi connectivity index (χ0n) is 25.1. The van der Waals surface area contributed by atoms with Crippen LogP contribution in [-0.4, -0.2) is 47.1 Å². The van der Waals surface area contributed by atoms with Gasteiger partial charge in [0, 0.05) is 56.4 Å². The Morgan fingerprint density at radius 1 is 0.930 bits per heavy atom. The number of hydrogen-bond acceptors (Lipinski definition) is 6. The Morgan fingerprint density at radius 3 is 2.35 bits per heavy atom. The highest BCUT2D eigenvalue weighted by Crippen LogP contribution is 2.42. The largest absolute Gasteiger partial charge is 0.392 e. The summed E-state index contributed by atoms with van der Waals surface area (Å²) in [7, 11) is 2.13. The fourth-order valence-electron chi connectivity index (χ4n) is 5.57. The predicted octanol–water partition coefficient (Wildman–Crippen LogP) is 5.84. The van der Waals surface area contributed by atoms with Crippen LogP contribution in [0.25, 0.3) is 11.1 Å². The van der Waals surface area contributed by atoms with E-state index in [0.29, 0.717) is 6.54 Å². The molecule has 0 saturated carbocycles. The minimum absolute atomic E-state index is 0.0110. The summed E-state index contributed by atoms with van der Waals surface area (Å²) in [6.45, 7) is 5.84. The molecule has 4 unspecified atom stereocenters. The van der Waals surface area contributed by atoms with Gasteiger partial charge < -0.3 is 24.8 Å². The molecule has 1 aromatic heterocycles. The Balaban J connectivity index is 1.36. The van der Waals surface area contributed by atoms with Crippen LogP contribution >= 0.6 is 0 Å². The van der Waals surface area contributed by atoms with Crippen LogP contribution in [0.5, 0.6) is 0 Å². The summed E-state index contributed by atoms with van der Waals surface area (Å²) in [4.78, 5) is 18.3. The molecule has 1 amide bonds. The average Bonchev–Trinajstić information content (AvgIpc) is 3.04. The van der Waals surface area contributed by atoms with Gasteiger partial charge in [-0.2, -0.15) is 0 Å². The van der Waals surface area contributed by atoms with Gasteiger partial charge in [-0.05, 0) is 47.0 Å². The Kier molecular flexibility index (Phi) is 10.3. The number of nitrogens with zero attached hydrogens (tertiary/aromatic N) is 2. The molecule has 2 N–H and O–H groups in total. The number of nitrogens with one attached hydrogen (secondary N) is 1. The quantitative estimate of drug-likeness (QED) is 0.232. The number of ether oxygens (including phenoxy) is 2. The number of benzene rings is 3. The van der Waals surface area contributed by atoms with Crippen molar-refractivity contribution in [3.63, 3.8) is 0 Å². The normalized spacial score (nSPS) is 20.2. The fraction of sp³-hybridized carbons (Fsp3) is 0.333. The Labute approximate surface area is 254 Å². The molecule has 1 fully saturated rings. The third-order valence-electron chi connectivity index (χ3n) is 8.13. The van der Waals surface area contributed by atoms with Crippen LogP contribution in [0.3, 0.4) is 0 Å². The Morgan fingerprint density at radius 2 is 1.65 bits per heavy atom. The van der Waals surface area contributed by atoms with Crippen LogP contribution in [0.15, 0.2) is 97.2 Å². The van der Waals surface area contributed by atoms with Gasteiger partial charge in [0.15, 0.2) is 6.29 Å². The highest BCUT2D eigenvalue weighted by atomic mass is 16.7. The summed E-state index contributed by atoms with van der Waals surface area (Å²) in [6.07, 6.45) is 1.95. The number of aliphatic hydroxyl groups excluding tert-OH is 1. The van der Waals surface area contributed by atoms with Crippen LogP contribution in [0, 0.1) is 5.92 Å². The number of aliphatic hydroxyl groups is 1. The zero-order chi connectivity index (χ0) is 30.2. The lowest BCUT2D eigenvalue weighted by molar-refractivity contribution is -0.275. The minimum Gasteiger partial charge on any atom is -0.392 e. The van der Waals surface area contributed by atoms with Crippen molar-refractivity contribution in [2.75, 3.05) is 20.1 Å². The van der Waals surface area contributed by atoms with E-state index >= 15 is 0 Å². The standard InChI is InChI=1S/C36H41N3O4/c1-25-34(23-39(3)21-19-32-9-6-7-20-37-32)42-36(43-35(25)29-13-11-27(24-40)12-14-29)30-17-15-28(16-18-30)33-10-5-4-8-31(33)22-38-26(2)41/h4-18,20,25,34-36,40H,19,21-24H2,1-3H3,(H,38,41). The zero-order valence-corrected chi connectivity index (χ0v) is 25.1. The summed E-state index contributed by atoms with van der Waals surface area (Å²) in [5, 5.41) is 12.5. The molecule has 224 valence electrons. The molecule has 7 heteroatoms. The maximum absolute atomic E-state index is 11.5. The highest BCUT2D eigenvalue weighted by Gasteiger charge is 2.38. The van der Waals surface area contributed by atoms with Crippen molar-refractivity contribution in [2.24, 2.45) is 5.92 Å². The first kappa shape index (κ1) is 30.6. The second-order valence-corrected chi connectivity index (χ2v) is 11.3. The van der Waals surface area contributed by atoms with Gasteiger partial charge in [0.1, 0.15) is 0 Å². The van der Waals surface area contributed by atoms with Gasteiger partial charge in [-0.1, -0.05) is 85.8 Å². The number of hydrogen-bond donors (Lipinski definition) is 2. The van der Waals surface area contributed by atoms with Gasteiger partial charge in [-0.25, -0.2) is 0 Å². The number of carbonyl (C=O) groups excluding carboxylic acids is 1. The summed E-state index contributed by atoms with van der Waals surface area (Å²) in [5.41, 5.74) is 7.18. The minimum atomic E-state index is -0.531. The number of likely N-dealkylation sites (N-methyl/N-ethyl adjacent to an activating group) is 1. The fourth-order valence-corrected chi connectivity index (χ4v) is 5.57. The third-order valence-corrected chi connectivity index (χ3v) is 8.13. The lowest BCUT2D eigenvalue weighted by atomic mass is 9.90. The van der Waals surface area contributed by atoms with Gasteiger partial charge in [0.2, 0.25) is 5.91 Å². The molecule has 2 heterocycles. The first-order chi connectivity index (χ1) is 20.9. The lowest BCUT2D eigenvalue weighted by Gasteiger charge is -2.42. The molecule has 1 aliphatic rings. The molecule has 3 aromatic carbocycles. The second-order valence-electron chi connectivity index (χ2n) is 11.3. The van der Waals surface area contributed by atoms with Gasteiger partial charge in [0.25, 0.3) is 0 Å². The van der Waals surface area contributed by atoms with Crippen molar-refractivity contribution in [2.45, 2.75) is 51.9 Å². The molecule has 5 rings (SSSR count). The molecule has 4 atom stereocenters. The van der Waals surface area contributed by atoms with Crippen LogP contribution < -0.4 is 5.32 Å². The van der Waals surface area contributed by atoms with Crippen molar-refractivity contribution in [1.82, 2.24) is 15.2 Å². The lowest BCUT2D eigenvalue weighted by Crippen LogP contribution is -2.43. The molecular weight excluding hydrogens is 538 g/mol. The van der Waals surface area contributed by atoms with Crippen LogP contribution in [0.4, 0.5) is 0 Å². The van der Waals surface area contributed by atoms with E-state index in [1.807, 2.05) is 60.8 Å². The van der Waals surface area contributed by atoms with Crippen LogP contribution in [0.2, 0.25) is 0 Å². The number of amides is 1. The number of pyridine rings is 1. The summed E-state index contributed by atoms with van der Waals surface area (Å²) >= 11 is 0. The van der Waals surface area contributed by atoms with E-state index < -0.39 is 6.29 Å². The molecule has 1 saturated heterocycles. The third kappa shape index (κ3) is 7.94. The van der Waals surface area contributed by atoms with Gasteiger partial charge in [-0.3, -0.25) is 9.78 Å². The maximum atomic E-state index is 11.5. The molecule has 0 bridgehead atoms. The van der Waals surface area contributed by atoms with E-state index in [2.05, 4.69) is 65.6 Å². The highest BCUT2D eigenvalue weighted by molar-refractivity contribution is 5.74. The molecule has 0 radical (unpaired) electrons. The first-order valence-corrected chi connectivity index (χ1v) is 14.9. The van der Waals surface area contributed by atoms with E-state index in [9.17, 15) is 9.90 Å².